The Morgan fingerprint density at radius 3 is 1.82 bits per heavy atom. The van der Waals surface area contributed by atoms with Gasteiger partial charge < -0.3 is 0 Å². The van der Waals surface area contributed by atoms with Gasteiger partial charge in [0.2, 0.25) is 0 Å². The number of hydrogen-bond donors (Lipinski definition) is 0. The van der Waals surface area contributed by atoms with Gasteiger partial charge in [0.05, 0.1) is 0 Å². The van der Waals surface area contributed by atoms with Gasteiger partial charge in [-0.15, -0.1) is 0 Å². The number of rotatable bonds is 2. The first-order valence-electron chi connectivity index (χ1n) is 14.3. The SMILES string of the molecule is C1=Cc2ccc(-c3c4ccccc4c(-c4cc5cccc6ccc7cccc4c7c65)c4ccccc34)cc2CC1. The highest BCUT2D eigenvalue weighted by Gasteiger charge is 2.20. The molecule has 0 saturated carbocycles. The van der Waals surface area contributed by atoms with Gasteiger partial charge >= 0.3 is 0 Å². The quantitative estimate of drug-likeness (QED) is 0.162. The molecule has 0 radical (unpaired) electrons. The van der Waals surface area contributed by atoms with Gasteiger partial charge in [-0.3, -0.25) is 0 Å². The van der Waals surface area contributed by atoms with Crippen molar-refractivity contribution in [1.29, 1.82) is 0 Å². The predicted octanol–water partition coefficient (Wildman–Crippen LogP) is 11.2. The van der Waals surface area contributed by atoms with Crippen LogP contribution in [-0.4, -0.2) is 0 Å². The lowest BCUT2D eigenvalue weighted by atomic mass is 9.82. The normalized spacial score (nSPS) is 13.2. The van der Waals surface area contributed by atoms with E-state index in [4.69, 9.17) is 0 Å². The highest BCUT2D eigenvalue weighted by Crippen LogP contribution is 2.48. The number of hydrogen-bond acceptors (Lipinski definition) is 0. The second-order valence-electron chi connectivity index (χ2n) is 11.2. The summed E-state index contributed by atoms with van der Waals surface area (Å²) in [6.07, 6.45) is 6.79. The topological polar surface area (TPSA) is 0 Å². The van der Waals surface area contributed by atoms with Crippen molar-refractivity contribution in [2.75, 3.05) is 0 Å². The molecule has 0 heteroatoms. The monoisotopic (exact) mass is 506 g/mol. The minimum atomic E-state index is 1.11. The molecule has 0 amide bonds. The maximum Gasteiger partial charge on any atom is -0.00199 e. The van der Waals surface area contributed by atoms with E-state index in [1.807, 2.05) is 0 Å². The minimum absolute atomic E-state index is 1.11. The van der Waals surface area contributed by atoms with Gasteiger partial charge in [0.15, 0.2) is 0 Å². The molecule has 1 aliphatic rings. The first-order valence-corrected chi connectivity index (χ1v) is 14.3. The van der Waals surface area contributed by atoms with Crippen LogP contribution in [0.25, 0.3) is 82.2 Å². The van der Waals surface area contributed by atoms with Gasteiger partial charge in [0.25, 0.3) is 0 Å². The molecule has 8 aromatic carbocycles. The second-order valence-corrected chi connectivity index (χ2v) is 11.2. The van der Waals surface area contributed by atoms with Crippen LogP contribution in [-0.2, 0) is 6.42 Å². The summed E-state index contributed by atoms with van der Waals surface area (Å²) < 4.78 is 0. The van der Waals surface area contributed by atoms with Crippen molar-refractivity contribution in [1.82, 2.24) is 0 Å². The fourth-order valence-corrected chi connectivity index (χ4v) is 7.29. The summed E-state index contributed by atoms with van der Waals surface area (Å²) in [4.78, 5) is 0. The lowest BCUT2D eigenvalue weighted by Gasteiger charge is -2.21. The van der Waals surface area contributed by atoms with Crippen LogP contribution < -0.4 is 0 Å². The summed E-state index contributed by atoms with van der Waals surface area (Å²) in [5.41, 5.74) is 8.09. The predicted molar refractivity (Wildman–Crippen MR) is 173 cm³/mol. The molecule has 186 valence electrons. The fourth-order valence-electron chi connectivity index (χ4n) is 7.29. The van der Waals surface area contributed by atoms with Crippen molar-refractivity contribution in [3.05, 3.63) is 139 Å². The van der Waals surface area contributed by atoms with Gasteiger partial charge in [-0.1, -0.05) is 127 Å². The molecule has 0 atom stereocenters. The van der Waals surface area contributed by atoms with Gasteiger partial charge in [0, 0.05) is 0 Å². The van der Waals surface area contributed by atoms with Crippen LogP contribution in [0.4, 0.5) is 0 Å². The first kappa shape index (κ1) is 21.9. The van der Waals surface area contributed by atoms with E-state index in [0.29, 0.717) is 0 Å². The van der Waals surface area contributed by atoms with Crippen molar-refractivity contribution in [3.8, 4) is 22.3 Å². The summed E-state index contributed by atoms with van der Waals surface area (Å²) in [5, 5.41) is 13.2. The molecule has 0 aliphatic heterocycles. The highest BCUT2D eigenvalue weighted by atomic mass is 14.2. The van der Waals surface area contributed by atoms with E-state index < -0.39 is 0 Å². The molecule has 0 aromatic heterocycles. The Kier molecular flexibility index (Phi) is 4.54. The van der Waals surface area contributed by atoms with E-state index in [9.17, 15) is 0 Å². The fraction of sp³-hybridized carbons (Fsp3) is 0.0500. The number of allylic oxidation sites excluding steroid dienone is 1. The number of aryl methyl sites for hydroxylation is 1. The van der Waals surface area contributed by atoms with Crippen molar-refractivity contribution in [3.63, 3.8) is 0 Å². The highest BCUT2D eigenvalue weighted by molar-refractivity contribution is 6.30. The molecular weight excluding hydrogens is 480 g/mol. The minimum Gasteiger partial charge on any atom is -0.0836 e. The van der Waals surface area contributed by atoms with Crippen LogP contribution in [0.1, 0.15) is 17.5 Å². The molecule has 0 bridgehead atoms. The van der Waals surface area contributed by atoms with Gasteiger partial charge in [-0.25, -0.2) is 0 Å². The summed E-state index contributed by atoms with van der Waals surface area (Å²) in [6, 6.07) is 45.6. The molecule has 0 unspecified atom stereocenters. The standard InChI is InChI=1S/C40H26/c1-2-10-28-23-30(22-19-25(28)9-1)38-31-14-3-5-16-33(31)40(34-17-6-4-15-32(34)38)36-24-29-13-7-11-26-20-21-27-12-8-18-35(36)39(27)37(26)29/h1,3-9,11-24H,2,10H2. The average molecular weight is 507 g/mol. The Labute approximate surface area is 233 Å². The van der Waals surface area contributed by atoms with E-state index in [-0.39, 0.29) is 0 Å². The van der Waals surface area contributed by atoms with Crippen LogP contribution >= 0.6 is 0 Å². The van der Waals surface area contributed by atoms with Crippen molar-refractivity contribution < 1.29 is 0 Å². The smallest absolute Gasteiger partial charge is 0.00199 e. The van der Waals surface area contributed by atoms with Crippen molar-refractivity contribution in [2.45, 2.75) is 12.8 Å². The average Bonchev–Trinajstić information content (AvgIpc) is 3.02. The van der Waals surface area contributed by atoms with Crippen molar-refractivity contribution in [2.24, 2.45) is 0 Å². The third-order valence-corrected chi connectivity index (χ3v) is 9.02. The molecule has 40 heavy (non-hydrogen) atoms. The molecule has 0 spiro atoms. The Morgan fingerprint density at radius 1 is 0.450 bits per heavy atom. The molecule has 0 heterocycles. The molecule has 8 aromatic rings. The molecule has 0 nitrogen and oxygen atoms in total. The molecule has 0 fully saturated rings. The van der Waals surface area contributed by atoms with Gasteiger partial charge in [-0.05, 0) is 106 Å². The van der Waals surface area contributed by atoms with Gasteiger partial charge in [-0.2, -0.15) is 0 Å². The first-order chi connectivity index (χ1) is 19.8. The van der Waals surface area contributed by atoms with E-state index in [0.717, 1.165) is 12.8 Å². The summed E-state index contributed by atoms with van der Waals surface area (Å²) in [5.74, 6) is 0. The lowest BCUT2D eigenvalue weighted by Crippen LogP contribution is -1.96. The maximum absolute atomic E-state index is 2.43. The Bertz CT molecular complexity index is 2260. The molecule has 0 saturated heterocycles. The van der Waals surface area contributed by atoms with E-state index in [1.54, 1.807) is 0 Å². The maximum atomic E-state index is 2.43. The molecule has 1 aliphatic carbocycles. The van der Waals surface area contributed by atoms with Crippen LogP contribution in [0.2, 0.25) is 0 Å². The van der Waals surface area contributed by atoms with Crippen LogP contribution in [0.15, 0.2) is 127 Å². The lowest BCUT2D eigenvalue weighted by molar-refractivity contribution is 0.986. The largest absolute Gasteiger partial charge is 0.0836 e. The van der Waals surface area contributed by atoms with Crippen molar-refractivity contribution >= 4 is 59.9 Å². The van der Waals surface area contributed by atoms with Gasteiger partial charge in [0.1, 0.15) is 0 Å². The van der Waals surface area contributed by atoms with E-state index in [1.165, 1.54) is 87.2 Å². The zero-order chi connectivity index (χ0) is 26.2. The molecule has 0 N–H and O–H groups in total. The second kappa shape index (κ2) is 8.28. The number of benzene rings is 8. The third kappa shape index (κ3) is 3.02. The zero-order valence-electron chi connectivity index (χ0n) is 22.1. The number of fused-ring (bicyclic) bond motifs is 3. The third-order valence-electron chi connectivity index (χ3n) is 9.02. The molecular formula is C40H26. The van der Waals surface area contributed by atoms with E-state index in [2.05, 4.69) is 133 Å². The Balaban J connectivity index is 1.45. The summed E-state index contributed by atoms with van der Waals surface area (Å²) >= 11 is 0. The summed E-state index contributed by atoms with van der Waals surface area (Å²) in [7, 11) is 0. The Morgan fingerprint density at radius 2 is 1.07 bits per heavy atom. The summed E-state index contributed by atoms with van der Waals surface area (Å²) in [6.45, 7) is 0. The van der Waals surface area contributed by atoms with Crippen LogP contribution in [0.5, 0.6) is 0 Å². The van der Waals surface area contributed by atoms with E-state index >= 15 is 0 Å². The van der Waals surface area contributed by atoms with Crippen LogP contribution in [0.3, 0.4) is 0 Å². The Hall–Kier alpha value is -4.94. The zero-order valence-corrected chi connectivity index (χ0v) is 22.1. The van der Waals surface area contributed by atoms with Crippen LogP contribution in [0, 0.1) is 0 Å². The molecule has 9 rings (SSSR count).